The second kappa shape index (κ2) is 6.13. The van der Waals surface area contributed by atoms with Gasteiger partial charge in [-0.05, 0) is 56.0 Å². The van der Waals surface area contributed by atoms with E-state index in [4.69, 9.17) is 16.3 Å². The summed E-state index contributed by atoms with van der Waals surface area (Å²) in [5.41, 5.74) is 0.791. The van der Waals surface area contributed by atoms with Crippen LogP contribution in [0.4, 0.5) is 4.39 Å². The van der Waals surface area contributed by atoms with Crippen molar-refractivity contribution >= 4 is 11.6 Å². The Balaban J connectivity index is 1.72. The number of piperidine rings is 1. The summed E-state index contributed by atoms with van der Waals surface area (Å²) in [6.07, 6.45) is 5.26. The first-order chi connectivity index (χ1) is 10.0. The van der Waals surface area contributed by atoms with Crippen molar-refractivity contribution in [2.24, 2.45) is 0 Å². The standard InChI is InChI=1S/C17H23ClFNO/c1-17(19,11-15-4-2-3-6-20-15)10-13-9-14(18)8-12-5-7-21-16(12)13/h8-9,15,20H,2-7,10-11H2,1H3. The van der Waals surface area contributed by atoms with Crippen molar-refractivity contribution in [3.63, 3.8) is 0 Å². The lowest BCUT2D eigenvalue weighted by Crippen LogP contribution is -2.40. The van der Waals surface area contributed by atoms with Gasteiger partial charge in [0.15, 0.2) is 0 Å². The number of ether oxygens (including phenoxy) is 1. The van der Waals surface area contributed by atoms with Crippen LogP contribution in [0.5, 0.6) is 5.75 Å². The molecule has 2 nitrogen and oxygen atoms in total. The number of hydrogen-bond donors (Lipinski definition) is 1. The molecule has 116 valence electrons. The zero-order valence-electron chi connectivity index (χ0n) is 12.6. The van der Waals surface area contributed by atoms with Gasteiger partial charge in [0.2, 0.25) is 0 Å². The molecule has 1 aromatic carbocycles. The molecule has 1 N–H and O–H groups in total. The van der Waals surface area contributed by atoms with E-state index in [0.29, 0.717) is 30.5 Å². The van der Waals surface area contributed by atoms with Crippen LogP contribution < -0.4 is 10.1 Å². The van der Waals surface area contributed by atoms with Crippen molar-refractivity contribution in [3.05, 3.63) is 28.3 Å². The molecule has 21 heavy (non-hydrogen) atoms. The summed E-state index contributed by atoms with van der Waals surface area (Å²) >= 11 is 6.16. The van der Waals surface area contributed by atoms with Gasteiger partial charge in [0.1, 0.15) is 11.4 Å². The van der Waals surface area contributed by atoms with E-state index >= 15 is 4.39 Å². The highest BCUT2D eigenvalue weighted by Gasteiger charge is 2.31. The first-order valence-electron chi connectivity index (χ1n) is 7.90. The van der Waals surface area contributed by atoms with Crippen LogP contribution in [0.25, 0.3) is 0 Å². The molecule has 1 fully saturated rings. The number of alkyl halides is 1. The third kappa shape index (κ3) is 3.70. The maximum absolute atomic E-state index is 15.0. The molecular weight excluding hydrogens is 289 g/mol. The molecule has 3 rings (SSSR count). The van der Waals surface area contributed by atoms with E-state index in [2.05, 4.69) is 5.32 Å². The zero-order chi connectivity index (χ0) is 14.9. The highest BCUT2D eigenvalue weighted by Crippen LogP contribution is 2.37. The van der Waals surface area contributed by atoms with Crippen molar-refractivity contribution in [2.45, 2.75) is 57.2 Å². The Morgan fingerprint density at radius 1 is 1.43 bits per heavy atom. The Hall–Kier alpha value is -0.800. The topological polar surface area (TPSA) is 21.3 Å². The van der Waals surface area contributed by atoms with Gasteiger partial charge in [-0.2, -0.15) is 0 Å². The summed E-state index contributed by atoms with van der Waals surface area (Å²) in [7, 11) is 0. The molecule has 2 aliphatic rings. The summed E-state index contributed by atoms with van der Waals surface area (Å²) in [4.78, 5) is 0. The van der Waals surface area contributed by atoms with Gasteiger partial charge in [-0.1, -0.05) is 18.0 Å². The van der Waals surface area contributed by atoms with Crippen molar-refractivity contribution in [1.82, 2.24) is 5.32 Å². The Labute approximate surface area is 131 Å². The third-order valence-electron chi connectivity index (χ3n) is 4.47. The summed E-state index contributed by atoms with van der Waals surface area (Å²) in [6.45, 7) is 3.39. The van der Waals surface area contributed by atoms with Gasteiger partial charge < -0.3 is 10.1 Å². The molecule has 2 heterocycles. The zero-order valence-corrected chi connectivity index (χ0v) is 13.3. The highest BCUT2D eigenvalue weighted by molar-refractivity contribution is 6.30. The summed E-state index contributed by atoms with van der Waals surface area (Å²) in [5.74, 6) is 0.861. The Kier molecular flexibility index (Phi) is 4.41. The number of halogens is 2. The van der Waals surface area contributed by atoms with Crippen LogP contribution in [0.1, 0.15) is 43.7 Å². The molecule has 0 radical (unpaired) electrons. The van der Waals surface area contributed by atoms with Crippen molar-refractivity contribution < 1.29 is 9.13 Å². The maximum atomic E-state index is 15.0. The molecule has 2 aliphatic heterocycles. The fraction of sp³-hybridized carbons (Fsp3) is 0.647. The Morgan fingerprint density at radius 2 is 2.29 bits per heavy atom. The molecule has 0 saturated carbocycles. The normalized spacial score (nSPS) is 24.2. The van der Waals surface area contributed by atoms with Crippen LogP contribution in [0.15, 0.2) is 12.1 Å². The van der Waals surface area contributed by atoms with Crippen LogP contribution in [0, 0.1) is 0 Å². The van der Waals surface area contributed by atoms with Gasteiger partial charge in [0.05, 0.1) is 6.61 Å². The predicted octanol–water partition coefficient (Wildman–Crippen LogP) is 4.08. The fourth-order valence-electron chi connectivity index (χ4n) is 3.56. The van der Waals surface area contributed by atoms with E-state index in [9.17, 15) is 0 Å². The number of fused-ring (bicyclic) bond motifs is 1. The van der Waals surface area contributed by atoms with E-state index in [0.717, 1.165) is 36.3 Å². The first kappa shape index (κ1) is 15.1. The molecule has 2 atom stereocenters. The SMILES string of the molecule is CC(F)(Cc1cc(Cl)cc2c1OCC2)CC1CCCCN1. The quantitative estimate of drug-likeness (QED) is 0.904. The van der Waals surface area contributed by atoms with Gasteiger partial charge in [-0.3, -0.25) is 0 Å². The second-order valence-corrected chi connectivity index (χ2v) is 7.03. The first-order valence-corrected chi connectivity index (χ1v) is 8.28. The molecule has 0 spiro atoms. The molecule has 2 unspecified atom stereocenters. The van der Waals surface area contributed by atoms with Gasteiger partial charge in [0.25, 0.3) is 0 Å². The lowest BCUT2D eigenvalue weighted by atomic mass is 9.87. The molecule has 1 aromatic rings. The highest BCUT2D eigenvalue weighted by atomic mass is 35.5. The minimum Gasteiger partial charge on any atom is -0.493 e. The molecule has 0 bridgehead atoms. The minimum atomic E-state index is -1.24. The molecule has 0 amide bonds. The Morgan fingerprint density at radius 3 is 3.05 bits per heavy atom. The van der Waals surface area contributed by atoms with E-state index in [1.807, 2.05) is 12.1 Å². The fourth-order valence-corrected chi connectivity index (χ4v) is 3.82. The van der Waals surface area contributed by atoms with Crippen LogP contribution in [-0.2, 0) is 12.8 Å². The average molecular weight is 312 g/mol. The summed E-state index contributed by atoms with van der Waals surface area (Å²) in [5, 5.41) is 4.11. The molecule has 4 heteroatoms. The average Bonchev–Trinajstić information content (AvgIpc) is 2.87. The number of benzene rings is 1. The molecule has 0 aliphatic carbocycles. The monoisotopic (exact) mass is 311 g/mol. The van der Waals surface area contributed by atoms with Crippen LogP contribution in [0.3, 0.4) is 0 Å². The molecular formula is C17H23ClFNO. The number of hydrogen-bond acceptors (Lipinski definition) is 2. The van der Waals surface area contributed by atoms with Gasteiger partial charge in [0, 0.05) is 23.9 Å². The van der Waals surface area contributed by atoms with Crippen LogP contribution >= 0.6 is 11.6 Å². The van der Waals surface area contributed by atoms with E-state index < -0.39 is 5.67 Å². The maximum Gasteiger partial charge on any atom is 0.126 e. The third-order valence-corrected chi connectivity index (χ3v) is 4.69. The van der Waals surface area contributed by atoms with Crippen LogP contribution in [0.2, 0.25) is 5.02 Å². The molecule has 0 aromatic heterocycles. The van der Waals surface area contributed by atoms with Crippen molar-refractivity contribution in [2.75, 3.05) is 13.2 Å². The Bertz CT molecular complexity index is 512. The van der Waals surface area contributed by atoms with Gasteiger partial charge in [-0.25, -0.2) is 4.39 Å². The number of rotatable bonds is 4. The van der Waals surface area contributed by atoms with Gasteiger partial charge >= 0.3 is 0 Å². The number of nitrogens with one attached hydrogen (secondary N) is 1. The lowest BCUT2D eigenvalue weighted by molar-refractivity contribution is 0.144. The van der Waals surface area contributed by atoms with Gasteiger partial charge in [-0.15, -0.1) is 0 Å². The van der Waals surface area contributed by atoms with Crippen molar-refractivity contribution in [1.29, 1.82) is 0 Å². The molecule has 1 saturated heterocycles. The minimum absolute atomic E-state index is 0.293. The summed E-state index contributed by atoms with van der Waals surface area (Å²) in [6, 6.07) is 4.09. The second-order valence-electron chi connectivity index (χ2n) is 6.59. The van der Waals surface area contributed by atoms with E-state index in [1.54, 1.807) is 6.92 Å². The predicted molar refractivity (Wildman–Crippen MR) is 84.1 cm³/mol. The van der Waals surface area contributed by atoms with Crippen molar-refractivity contribution in [3.8, 4) is 5.75 Å². The van der Waals surface area contributed by atoms with E-state index in [1.165, 1.54) is 12.8 Å². The van der Waals surface area contributed by atoms with E-state index in [-0.39, 0.29) is 0 Å². The largest absolute Gasteiger partial charge is 0.493 e. The lowest BCUT2D eigenvalue weighted by Gasteiger charge is -2.30. The summed E-state index contributed by atoms with van der Waals surface area (Å²) < 4.78 is 20.7. The smallest absolute Gasteiger partial charge is 0.126 e. The van der Waals surface area contributed by atoms with Crippen LogP contribution in [-0.4, -0.2) is 24.9 Å².